The number of hydrogen-bond donors (Lipinski definition) is 1. The van der Waals surface area contributed by atoms with Crippen LogP contribution in [0.1, 0.15) is 5.56 Å². The molecule has 90 valence electrons. The Morgan fingerprint density at radius 1 is 1.47 bits per heavy atom. The Balaban J connectivity index is 2.18. The second kappa shape index (κ2) is 4.82. The normalized spacial score (nSPS) is 10.3. The highest BCUT2D eigenvalue weighted by Crippen LogP contribution is 2.16. The average molecular weight is 236 g/mol. The maximum Gasteiger partial charge on any atom is 0.255 e. The Labute approximate surface area is 98.2 Å². The van der Waals surface area contributed by atoms with Crippen LogP contribution in [0.15, 0.2) is 24.7 Å². The number of pyridine rings is 1. The maximum atomic E-state index is 13.1. The molecule has 0 fully saturated rings. The van der Waals surface area contributed by atoms with Crippen molar-refractivity contribution in [3.8, 4) is 5.75 Å². The van der Waals surface area contributed by atoms with Crippen LogP contribution in [-0.4, -0.2) is 28.9 Å². The van der Waals surface area contributed by atoms with E-state index in [0.717, 1.165) is 11.3 Å². The van der Waals surface area contributed by atoms with Gasteiger partial charge in [0.15, 0.2) is 5.75 Å². The summed E-state index contributed by atoms with van der Waals surface area (Å²) < 4.78 is 19.7. The van der Waals surface area contributed by atoms with Crippen molar-refractivity contribution in [3.05, 3.63) is 36.2 Å². The highest BCUT2D eigenvalue weighted by atomic mass is 19.1. The molecule has 17 heavy (non-hydrogen) atoms. The van der Waals surface area contributed by atoms with Crippen LogP contribution in [0.25, 0.3) is 0 Å². The zero-order chi connectivity index (χ0) is 12.3. The molecule has 1 N–H and O–H groups in total. The molecule has 2 heterocycles. The van der Waals surface area contributed by atoms with Crippen molar-refractivity contribution in [2.45, 2.75) is 6.54 Å². The minimum atomic E-state index is -0.604. The van der Waals surface area contributed by atoms with E-state index in [9.17, 15) is 4.39 Å². The van der Waals surface area contributed by atoms with E-state index in [1.807, 2.05) is 13.2 Å². The summed E-state index contributed by atoms with van der Waals surface area (Å²) in [6.07, 6.45) is 5.04. The van der Waals surface area contributed by atoms with Crippen molar-refractivity contribution in [1.29, 1.82) is 0 Å². The number of aromatic nitrogens is 3. The lowest BCUT2D eigenvalue weighted by Crippen LogP contribution is -2.02. The first-order valence-corrected chi connectivity index (χ1v) is 5.11. The van der Waals surface area contributed by atoms with Crippen LogP contribution in [0.2, 0.25) is 0 Å². The predicted octanol–water partition coefficient (Wildman–Crippen LogP) is 1.52. The number of nitrogens with zero attached hydrogens (tertiary/aromatic N) is 3. The predicted molar refractivity (Wildman–Crippen MR) is 61.6 cm³/mol. The van der Waals surface area contributed by atoms with Gasteiger partial charge in [-0.2, -0.15) is 9.49 Å². The van der Waals surface area contributed by atoms with Crippen molar-refractivity contribution in [2.24, 2.45) is 0 Å². The monoisotopic (exact) mass is 236 g/mol. The Bertz CT molecular complexity index is 512. The number of anilines is 1. The second-order valence-electron chi connectivity index (χ2n) is 3.51. The zero-order valence-electron chi connectivity index (χ0n) is 9.64. The molecule has 6 heteroatoms. The van der Waals surface area contributed by atoms with E-state index in [0.29, 0.717) is 6.54 Å². The summed E-state index contributed by atoms with van der Waals surface area (Å²) in [5, 5.41) is 7.13. The number of ether oxygens (including phenoxy) is 1. The number of methoxy groups -OCH3 is 1. The lowest BCUT2D eigenvalue weighted by Gasteiger charge is -2.05. The summed E-state index contributed by atoms with van der Waals surface area (Å²) in [6, 6.07) is 1.61. The van der Waals surface area contributed by atoms with Crippen LogP contribution >= 0.6 is 0 Å². The van der Waals surface area contributed by atoms with E-state index in [2.05, 4.69) is 15.4 Å². The summed E-state index contributed by atoms with van der Waals surface area (Å²) in [7, 11) is 3.24. The van der Waals surface area contributed by atoms with Gasteiger partial charge in [-0.05, 0) is 11.6 Å². The van der Waals surface area contributed by atoms with Gasteiger partial charge >= 0.3 is 0 Å². The lowest BCUT2D eigenvalue weighted by atomic mass is 10.3. The van der Waals surface area contributed by atoms with Gasteiger partial charge in [-0.1, -0.05) is 0 Å². The number of hydrogen-bond acceptors (Lipinski definition) is 4. The molecule has 0 unspecified atom stereocenters. The molecule has 2 rings (SSSR count). The first-order chi connectivity index (χ1) is 8.22. The molecule has 0 bridgehead atoms. The van der Waals surface area contributed by atoms with Gasteiger partial charge in [-0.3, -0.25) is 4.68 Å². The molecule has 2 aromatic heterocycles. The topological polar surface area (TPSA) is 52.0 Å². The molecule has 0 radical (unpaired) electrons. The summed E-state index contributed by atoms with van der Waals surface area (Å²) in [4.78, 5) is 3.62. The van der Waals surface area contributed by atoms with Crippen LogP contribution in [0.5, 0.6) is 5.75 Å². The van der Waals surface area contributed by atoms with Gasteiger partial charge in [0.1, 0.15) is 0 Å². The number of halogens is 1. The summed E-state index contributed by atoms with van der Waals surface area (Å²) in [6.45, 7) is 0.519. The van der Waals surface area contributed by atoms with E-state index >= 15 is 0 Å². The van der Waals surface area contributed by atoms with Crippen molar-refractivity contribution in [2.75, 3.05) is 19.5 Å². The van der Waals surface area contributed by atoms with Gasteiger partial charge in [-0.25, -0.2) is 4.98 Å². The van der Waals surface area contributed by atoms with Crippen molar-refractivity contribution in [3.63, 3.8) is 0 Å². The highest BCUT2D eigenvalue weighted by molar-refractivity contribution is 5.37. The van der Waals surface area contributed by atoms with E-state index in [1.54, 1.807) is 16.9 Å². The van der Waals surface area contributed by atoms with Gasteiger partial charge in [0, 0.05) is 19.4 Å². The van der Waals surface area contributed by atoms with Crippen LogP contribution in [0.4, 0.5) is 10.1 Å². The summed E-state index contributed by atoms with van der Waals surface area (Å²) >= 11 is 0. The molecule has 0 saturated carbocycles. The molecular formula is C11H13FN4O. The van der Waals surface area contributed by atoms with Gasteiger partial charge in [0.2, 0.25) is 0 Å². The Kier molecular flexibility index (Phi) is 3.22. The third-order valence-corrected chi connectivity index (χ3v) is 2.35. The molecule has 0 amide bonds. The molecule has 5 nitrogen and oxygen atoms in total. The number of rotatable bonds is 4. The molecule has 0 spiro atoms. The molecule has 0 atom stereocenters. The lowest BCUT2D eigenvalue weighted by molar-refractivity contribution is 0.376. The van der Waals surface area contributed by atoms with Crippen molar-refractivity contribution >= 4 is 5.69 Å². The van der Waals surface area contributed by atoms with Gasteiger partial charge in [0.25, 0.3) is 5.95 Å². The minimum absolute atomic E-state index is 0.142. The fourth-order valence-electron chi connectivity index (χ4n) is 1.46. The maximum absolute atomic E-state index is 13.1. The van der Waals surface area contributed by atoms with Crippen LogP contribution < -0.4 is 10.1 Å². The van der Waals surface area contributed by atoms with E-state index in [-0.39, 0.29) is 5.75 Å². The molecule has 2 aromatic rings. The standard InChI is InChI=1S/C11H13FN4O/c1-13-9-5-15-16(7-9)6-8-3-10(17-2)11(12)14-4-8/h3-5,7,13H,6H2,1-2H3. The molecule has 0 aliphatic rings. The van der Waals surface area contributed by atoms with E-state index in [1.165, 1.54) is 13.3 Å². The van der Waals surface area contributed by atoms with Gasteiger partial charge < -0.3 is 10.1 Å². The van der Waals surface area contributed by atoms with Crippen LogP contribution in [0, 0.1) is 5.95 Å². The highest BCUT2D eigenvalue weighted by Gasteiger charge is 2.06. The van der Waals surface area contributed by atoms with E-state index in [4.69, 9.17) is 4.74 Å². The Morgan fingerprint density at radius 2 is 2.29 bits per heavy atom. The first-order valence-electron chi connectivity index (χ1n) is 5.11. The van der Waals surface area contributed by atoms with Crippen LogP contribution in [-0.2, 0) is 6.54 Å². The number of nitrogens with one attached hydrogen (secondary N) is 1. The fourth-order valence-corrected chi connectivity index (χ4v) is 1.46. The summed E-state index contributed by atoms with van der Waals surface area (Å²) in [5.41, 5.74) is 1.75. The molecule has 0 aliphatic heterocycles. The zero-order valence-corrected chi connectivity index (χ0v) is 9.64. The fraction of sp³-hybridized carbons (Fsp3) is 0.273. The first kappa shape index (κ1) is 11.4. The molecule has 0 saturated heterocycles. The summed E-state index contributed by atoms with van der Waals surface area (Å²) in [5.74, 6) is -0.462. The van der Waals surface area contributed by atoms with Crippen molar-refractivity contribution < 1.29 is 9.13 Å². The van der Waals surface area contributed by atoms with E-state index < -0.39 is 5.95 Å². The molecular weight excluding hydrogens is 223 g/mol. The van der Waals surface area contributed by atoms with Crippen molar-refractivity contribution in [1.82, 2.24) is 14.8 Å². The minimum Gasteiger partial charge on any atom is -0.492 e. The third kappa shape index (κ3) is 2.52. The second-order valence-corrected chi connectivity index (χ2v) is 3.51. The quantitative estimate of drug-likeness (QED) is 0.818. The Hall–Kier alpha value is -2.11. The smallest absolute Gasteiger partial charge is 0.255 e. The van der Waals surface area contributed by atoms with Gasteiger partial charge in [-0.15, -0.1) is 0 Å². The molecule has 0 aliphatic carbocycles. The SMILES string of the molecule is CNc1cnn(Cc2cnc(F)c(OC)c2)c1. The third-order valence-electron chi connectivity index (χ3n) is 2.35. The van der Waals surface area contributed by atoms with Crippen LogP contribution in [0.3, 0.4) is 0 Å². The largest absolute Gasteiger partial charge is 0.492 e. The average Bonchev–Trinajstić information content (AvgIpc) is 2.79. The van der Waals surface area contributed by atoms with Gasteiger partial charge in [0.05, 0.1) is 25.5 Å². The Morgan fingerprint density at radius 3 is 2.94 bits per heavy atom. The molecule has 0 aromatic carbocycles.